The minimum absolute atomic E-state index is 0.0421. The van der Waals surface area contributed by atoms with Crippen molar-refractivity contribution in [1.29, 1.82) is 0 Å². The van der Waals surface area contributed by atoms with Crippen LogP contribution in [0.3, 0.4) is 0 Å². The highest BCUT2D eigenvalue weighted by molar-refractivity contribution is 7.99. The van der Waals surface area contributed by atoms with Gasteiger partial charge in [0.05, 0.1) is 16.4 Å². The second kappa shape index (κ2) is 8.65. The zero-order valence-electron chi connectivity index (χ0n) is 15.8. The Bertz CT molecular complexity index is 902. The Balaban J connectivity index is 1.68. The number of hydrogen-bond acceptors (Lipinski definition) is 6. The van der Waals surface area contributed by atoms with Crippen molar-refractivity contribution < 1.29 is 17.6 Å². The lowest BCUT2D eigenvalue weighted by molar-refractivity contribution is -0.131. The summed E-state index contributed by atoms with van der Waals surface area (Å²) in [7, 11) is -3.28. The molecule has 1 amide bonds. The molecule has 148 valence electrons. The number of thioether (sulfide) groups is 1. The maximum atomic E-state index is 12.6. The molecule has 1 aromatic carbocycles. The first-order valence-electron chi connectivity index (χ1n) is 9.50. The van der Waals surface area contributed by atoms with Crippen LogP contribution in [0, 0.1) is 0 Å². The fraction of sp³-hybridized carbons (Fsp3) is 0.579. The van der Waals surface area contributed by atoms with Gasteiger partial charge in [0.2, 0.25) is 5.91 Å². The molecule has 1 aromatic heterocycles. The monoisotopic (exact) mass is 410 g/mol. The van der Waals surface area contributed by atoms with Crippen LogP contribution < -0.4 is 0 Å². The van der Waals surface area contributed by atoms with Gasteiger partial charge in [-0.2, -0.15) is 0 Å². The molecule has 0 radical (unpaired) electrons. The fourth-order valence-electron chi connectivity index (χ4n) is 3.55. The summed E-state index contributed by atoms with van der Waals surface area (Å²) in [6.45, 7) is 4.35. The number of rotatable bonds is 7. The molecule has 6 nitrogen and oxygen atoms in total. The van der Waals surface area contributed by atoms with Crippen LogP contribution in [0.1, 0.15) is 46.0 Å². The molecule has 1 fully saturated rings. The minimum atomic E-state index is -3.28. The second-order valence-electron chi connectivity index (χ2n) is 6.77. The summed E-state index contributed by atoms with van der Waals surface area (Å²) in [5.74, 6) is 0.420. The van der Waals surface area contributed by atoms with E-state index in [4.69, 9.17) is 4.42 Å². The van der Waals surface area contributed by atoms with E-state index in [9.17, 15) is 13.2 Å². The molecule has 8 heteroatoms. The van der Waals surface area contributed by atoms with Gasteiger partial charge in [-0.1, -0.05) is 37.9 Å². The number of carbonyl (C=O) groups excluding carboxylic acids is 1. The van der Waals surface area contributed by atoms with Gasteiger partial charge in [0.25, 0.3) is 5.22 Å². The number of oxazole rings is 1. The van der Waals surface area contributed by atoms with Gasteiger partial charge in [-0.25, -0.2) is 13.4 Å². The van der Waals surface area contributed by atoms with Crippen molar-refractivity contribution in [1.82, 2.24) is 9.88 Å². The summed E-state index contributed by atoms with van der Waals surface area (Å²) in [6, 6.07) is 5.04. The first-order valence-corrected chi connectivity index (χ1v) is 12.1. The van der Waals surface area contributed by atoms with E-state index < -0.39 is 9.84 Å². The molecule has 0 N–H and O–H groups in total. The summed E-state index contributed by atoms with van der Waals surface area (Å²) in [5.41, 5.74) is 1.03. The number of sulfone groups is 1. The number of benzene rings is 1. The van der Waals surface area contributed by atoms with E-state index >= 15 is 0 Å². The molecule has 0 unspecified atom stereocenters. The molecule has 0 bridgehead atoms. The molecule has 2 aromatic rings. The first kappa shape index (κ1) is 20.2. The Labute approximate surface area is 164 Å². The van der Waals surface area contributed by atoms with Crippen LogP contribution in [0.5, 0.6) is 0 Å². The van der Waals surface area contributed by atoms with Crippen molar-refractivity contribution in [3.63, 3.8) is 0 Å². The molecule has 0 spiro atoms. The van der Waals surface area contributed by atoms with E-state index in [2.05, 4.69) is 4.98 Å². The Kier molecular flexibility index (Phi) is 6.47. The van der Waals surface area contributed by atoms with Gasteiger partial charge in [0.15, 0.2) is 15.4 Å². The fourth-order valence-corrected chi connectivity index (χ4v) is 5.17. The van der Waals surface area contributed by atoms with Crippen molar-refractivity contribution in [2.75, 3.05) is 18.1 Å². The normalized spacial score (nSPS) is 15.9. The van der Waals surface area contributed by atoms with E-state index in [0.29, 0.717) is 22.4 Å². The highest BCUT2D eigenvalue weighted by Crippen LogP contribution is 2.27. The molecule has 1 aliphatic rings. The average molecular weight is 411 g/mol. The molecule has 0 saturated heterocycles. The van der Waals surface area contributed by atoms with Crippen molar-refractivity contribution in [3.05, 3.63) is 18.2 Å². The van der Waals surface area contributed by atoms with Gasteiger partial charge < -0.3 is 9.32 Å². The predicted molar refractivity (Wildman–Crippen MR) is 107 cm³/mol. The Morgan fingerprint density at radius 3 is 2.67 bits per heavy atom. The van der Waals surface area contributed by atoms with Crippen LogP contribution in [-0.4, -0.2) is 48.3 Å². The van der Waals surface area contributed by atoms with Crippen molar-refractivity contribution >= 4 is 38.6 Å². The number of carbonyl (C=O) groups is 1. The summed E-state index contributed by atoms with van der Waals surface area (Å²) >= 11 is 1.26. The van der Waals surface area contributed by atoms with Crippen molar-refractivity contribution in [3.8, 4) is 0 Å². The number of hydrogen-bond donors (Lipinski definition) is 0. The third kappa shape index (κ3) is 4.66. The van der Waals surface area contributed by atoms with E-state index in [0.717, 1.165) is 19.4 Å². The molecule has 3 rings (SSSR count). The van der Waals surface area contributed by atoms with Crippen LogP contribution in [0.4, 0.5) is 0 Å². The maximum Gasteiger partial charge on any atom is 0.257 e. The van der Waals surface area contributed by atoms with Crippen LogP contribution in [0.15, 0.2) is 32.7 Å². The summed E-state index contributed by atoms with van der Waals surface area (Å²) in [4.78, 5) is 19.2. The van der Waals surface area contributed by atoms with Crippen LogP contribution in [-0.2, 0) is 14.6 Å². The van der Waals surface area contributed by atoms with Gasteiger partial charge >= 0.3 is 0 Å². The number of amides is 1. The largest absolute Gasteiger partial charge is 0.431 e. The van der Waals surface area contributed by atoms with E-state index in [1.54, 1.807) is 13.0 Å². The Morgan fingerprint density at radius 2 is 2.00 bits per heavy atom. The lowest BCUT2D eigenvalue weighted by atomic mass is 9.94. The smallest absolute Gasteiger partial charge is 0.257 e. The van der Waals surface area contributed by atoms with Gasteiger partial charge in [0.1, 0.15) is 5.52 Å². The lowest BCUT2D eigenvalue weighted by Crippen LogP contribution is -2.42. The minimum Gasteiger partial charge on any atom is -0.431 e. The zero-order valence-corrected chi connectivity index (χ0v) is 17.4. The average Bonchev–Trinajstić information content (AvgIpc) is 3.10. The Hall–Kier alpha value is -1.54. The number of aromatic nitrogens is 1. The standard InChI is InChI=1S/C19H26N2O4S2/c1-3-21(14-8-6-5-7-9-14)18(22)13-26-19-20-16-12-15(27(23,24)4-2)10-11-17(16)25-19/h10-12,14H,3-9,13H2,1-2H3. The highest BCUT2D eigenvalue weighted by Gasteiger charge is 2.24. The maximum absolute atomic E-state index is 12.6. The summed E-state index contributed by atoms with van der Waals surface area (Å²) < 4.78 is 29.7. The molecule has 27 heavy (non-hydrogen) atoms. The van der Waals surface area contributed by atoms with Gasteiger partial charge in [0, 0.05) is 12.6 Å². The van der Waals surface area contributed by atoms with Crippen molar-refractivity contribution in [2.24, 2.45) is 0 Å². The number of nitrogens with zero attached hydrogens (tertiary/aromatic N) is 2. The third-order valence-electron chi connectivity index (χ3n) is 5.07. The van der Waals surface area contributed by atoms with Gasteiger partial charge in [-0.05, 0) is 38.0 Å². The predicted octanol–water partition coefficient (Wildman–Crippen LogP) is 3.89. The first-order chi connectivity index (χ1) is 12.9. The molecular weight excluding hydrogens is 384 g/mol. The van der Waals surface area contributed by atoms with Crippen molar-refractivity contribution in [2.45, 2.75) is 62.1 Å². The second-order valence-corrected chi connectivity index (χ2v) is 9.98. The highest BCUT2D eigenvalue weighted by atomic mass is 32.2. The zero-order chi connectivity index (χ0) is 19.4. The SMILES string of the molecule is CCN(C(=O)CSc1nc2cc(S(=O)(=O)CC)ccc2o1)C1CCCCC1. The molecule has 1 saturated carbocycles. The molecule has 1 aliphatic carbocycles. The lowest BCUT2D eigenvalue weighted by Gasteiger charge is -2.33. The van der Waals surface area contributed by atoms with Crippen LogP contribution >= 0.6 is 11.8 Å². The number of fused-ring (bicyclic) bond motifs is 1. The summed E-state index contributed by atoms with van der Waals surface area (Å²) in [5, 5.41) is 0.393. The molecule has 1 heterocycles. The van der Waals surface area contributed by atoms with Crippen LogP contribution in [0.2, 0.25) is 0 Å². The third-order valence-corrected chi connectivity index (χ3v) is 7.62. The van der Waals surface area contributed by atoms with Gasteiger partial charge in [-0.15, -0.1) is 0 Å². The molecule has 0 aliphatic heterocycles. The van der Waals surface area contributed by atoms with E-state index in [1.807, 2.05) is 11.8 Å². The topological polar surface area (TPSA) is 80.5 Å². The summed E-state index contributed by atoms with van der Waals surface area (Å²) in [6.07, 6.45) is 5.81. The van der Waals surface area contributed by atoms with Gasteiger partial charge in [-0.3, -0.25) is 4.79 Å². The Morgan fingerprint density at radius 1 is 1.26 bits per heavy atom. The van der Waals surface area contributed by atoms with E-state index in [1.165, 1.54) is 43.2 Å². The van der Waals surface area contributed by atoms with Crippen LogP contribution in [0.25, 0.3) is 11.1 Å². The quantitative estimate of drug-likeness (QED) is 0.644. The van der Waals surface area contributed by atoms with E-state index in [-0.39, 0.29) is 22.3 Å². The molecular formula is C19H26N2O4S2. The molecule has 0 atom stereocenters.